The van der Waals surface area contributed by atoms with Gasteiger partial charge >= 0.3 is 0 Å². The van der Waals surface area contributed by atoms with Crippen molar-refractivity contribution in [3.8, 4) is 23.3 Å². The normalized spacial score (nSPS) is 14.6. The Hall–Kier alpha value is -7.08. The monoisotopic (exact) mass is 690 g/mol. The van der Waals surface area contributed by atoms with Crippen molar-refractivity contribution in [2.24, 2.45) is 0 Å². The summed E-state index contributed by atoms with van der Waals surface area (Å²) < 4.78 is 13.9. The van der Waals surface area contributed by atoms with Gasteiger partial charge in [-0.15, -0.1) is 0 Å². The first kappa shape index (κ1) is 31.6. The van der Waals surface area contributed by atoms with Crippen LogP contribution in [-0.4, -0.2) is 0 Å². The molecule has 0 saturated heterocycles. The Balaban J connectivity index is 0.949. The molecule has 0 amide bonds. The Kier molecular flexibility index (Phi) is 7.53. The molecular weight excluding hydrogens is 657 g/mol. The van der Waals surface area contributed by atoms with E-state index in [2.05, 4.69) is 194 Å². The summed E-state index contributed by atoms with van der Waals surface area (Å²) in [6.45, 7) is 0. The van der Waals surface area contributed by atoms with E-state index in [0.29, 0.717) is 0 Å². The van der Waals surface area contributed by atoms with E-state index < -0.39 is 11.2 Å². The summed E-state index contributed by atoms with van der Waals surface area (Å²) in [5.41, 5.74) is 7.05. The molecule has 10 rings (SSSR count). The Bertz CT molecular complexity index is 2530. The summed E-state index contributed by atoms with van der Waals surface area (Å²) in [6, 6.07) is 63.0. The quantitative estimate of drug-likeness (QED) is 0.171. The molecule has 2 nitrogen and oxygen atoms in total. The molecule has 0 aromatic heterocycles. The summed E-state index contributed by atoms with van der Waals surface area (Å²) in [7, 11) is 0. The van der Waals surface area contributed by atoms with Crippen molar-refractivity contribution in [2.45, 2.75) is 11.2 Å². The van der Waals surface area contributed by atoms with E-state index in [1.165, 1.54) is 0 Å². The van der Waals surface area contributed by atoms with Crippen LogP contribution in [0.15, 0.2) is 194 Å². The highest BCUT2D eigenvalue weighted by Crippen LogP contribution is 2.45. The largest absolute Gasteiger partial charge is 0.473 e. The second kappa shape index (κ2) is 12.8. The number of benzene rings is 8. The van der Waals surface area contributed by atoms with Crippen molar-refractivity contribution in [3.63, 3.8) is 0 Å². The summed E-state index contributed by atoms with van der Waals surface area (Å²) in [6.07, 6.45) is 8.80. The van der Waals surface area contributed by atoms with Gasteiger partial charge in [0.05, 0.1) is 0 Å². The number of hydrogen-bond acceptors (Lipinski definition) is 2. The highest BCUT2D eigenvalue weighted by Gasteiger charge is 2.38. The lowest BCUT2D eigenvalue weighted by atomic mass is 9.83. The van der Waals surface area contributed by atoms with Crippen molar-refractivity contribution in [2.75, 3.05) is 0 Å². The highest BCUT2D eigenvalue weighted by molar-refractivity contribution is 5.96. The average Bonchev–Trinajstić information content (AvgIpc) is 3.26. The van der Waals surface area contributed by atoms with Gasteiger partial charge in [0.15, 0.2) is 11.2 Å². The number of rotatable bonds is 4. The van der Waals surface area contributed by atoms with Gasteiger partial charge in [0.25, 0.3) is 0 Å². The van der Waals surface area contributed by atoms with Crippen LogP contribution in [0.4, 0.5) is 0 Å². The molecule has 0 fully saturated rings. The number of ether oxygens (including phenoxy) is 2. The minimum Gasteiger partial charge on any atom is -0.473 e. The molecule has 2 heterocycles. The molecular formula is C52H34O2. The van der Waals surface area contributed by atoms with Crippen molar-refractivity contribution in [1.29, 1.82) is 0 Å². The highest BCUT2D eigenvalue weighted by atomic mass is 16.5. The van der Waals surface area contributed by atoms with E-state index in [4.69, 9.17) is 9.47 Å². The molecule has 0 atom stereocenters. The summed E-state index contributed by atoms with van der Waals surface area (Å²) in [4.78, 5) is 0. The zero-order valence-electron chi connectivity index (χ0n) is 29.4. The van der Waals surface area contributed by atoms with E-state index in [1.54, 1.807) is 0 Å². The van der Waals surface area contributed by atoms with E-state index in [9.17, 15) is 0 Å². The van der Waals surface area contributed by atoms with Gasteiger partial charge in [-0.05, 0) is 82.2 Å². The van der Waals surface area contributed by atoms with Crippen molar-refractivity contribution in [1.82, 2.24) is 0 Å². The zero-order chi connectivity index (χ0) is 36.0. The van der Waals surface area contributed by atoms with Crippen LogP contribution in [-0.2, 0) is 11.2 Å². The summed E-state index contributed by atoms with van der Waals surface area (Å²) >= 11 is 0. The maximum Gasteiger partial charge on any atom is 0.178 e. The van der Waals surface area contributed by atoms with Crippen LogP contribution in [0.2, 0.25) is 0 Å². The summed E-state index contributed by atoms with van der Waals surface area (Å²) in [5, 5.41) is 4.52. The summed E-state index contributed by atoms with van der Waals surface area (Å²) in [5.74, 6) is 8.57. The second-order valence-electron chi connectivity index (χ2n) is 13.9. The molecule has 0 aliphatic carbocycles. The van der Waals surface area contributed by atoms with Crippen molar-refractivity contribution < 1.29 is 9.47 Å². The third kappa shape index (κ3) is 5.30. The van der Waals surface area contributed by atoms with E-state index in [0.717, 1.165) is 77.6 Å². The SMILES string of the molecule is C(#Cc1ccc2c3c(ccc2c1)OC(c1ccccc1)(c1ccccc1)C=C3)c1ccc2c3c(ccc2c1)OC(c1ccccc1)(c1ccccc1)C=C3. The minimum atomic E-state index is -0.702. The third-order valence-electron chi connectivity index (χ3n) is 10.7. The lowest BCUT2D eigenvalue weighted by Gasteiger charge is -2.36. The molecule has 2 heteroatoms. The number of hydrogen-bond donors (Lipinski definition) is 0. The molecule has 254 valence electrons. The van der Waals surface area contributed by atoms with Gasteiger partial charge in [0.1, 0.15) is 11.5 Å². The van der Waals surface area contributed by atoms with Crippen LogP contribution in [0.1, 0.15) is 44.5 Å². The van der Waals surface area contributed by atoms with Gasteiger partial charge < -0.3 is 9.47 Å². The molecule has 54 heavy (non-hydrogen) atoms. The Morgan fingerprint density at radius 1 is 0.352 bits per heavy atom. The maximum absolute atomic E-state index is 6.93. The topological polar surface area (TPSA) is 18.5 Å². The van der Waals surface area contributed by atoms with E-state index >= 15 is 0 Å². The third-order valence-corrected chi connectivity index (χ3v) is 10.7. The van der Waals surface area contributed by atoms with Crippen LogP contribution in [0.5, 0.6) is 11.5 Å². The fourth-order valence-electron chi connectivity index (χ4n) is 8.00. The van der Waals surface area contributed by atoms with Crippen LogP contribution in [0.25, 0.3) is 33.7 Å². The molecule has 8 aromatic carbocycles. The number of fused-ring (bicyclic) bond motifs is 6. The molecule has 0 radical (unpaired) electrons. The predicted molar refractivity (Wildman–Crippen MR) is 221 cm³/mol. The fourth-order valence-corrected chi connectivity index (χ4v) is 8.00. The smallest absolute Gasteiger partial charge is 0.178 e. The van der Waals surface area contributed by atoms with E-state index in [-0.39, 0.29) is 0 Å². The Morgan fingerprint density at radius 2 is 0.704 bits per heavy atom. The Morgan fingerprint density at radius 3 is 1.06 bits per heavy atom. The lowest BCUT2D eigenvalue weighted by molar-refractivity contribution is 0.161. The van der Waals surface area contributed by atoms with Gasteiger partial charge in [-0.2, -0.15) is 0 Å². The second-order valence-corrected chi connectivity index (χ2v) is 13.9. The first-order valence-electron chi connectivity index (χ1n) is 18.3. The molecule has 2 aliphatic rings. The average molecular weight is 691 g/mol. The first-order valence-corrected chi connectivity index (χ1v) is 18.3. The first-order chi connectivity index (χ1) is 26.7. The molecule has 0 unspecified atom stereocenters. The lowest BCUT2D eigenvalue weighted by Crippen LogP contribution is -2.34. The van der Waals surface area contributed by atoms with Crippen molar-refractivity contribution in [3.05, 3.63) is 239 Å². The van der Waals surface area contributed by atoms with Crippen LogP contribution in [0, 0.1) is 11.8 Å². The zero-order valence-corrected chi connectivity index (χ0v) is 29.4. The van der Waals surface area contributed by atoms with Gasteiger partial charge in [0.2, 0.25) is 0 Å². The van der Waals surface area contributed by atoms with Gasteiger partial charge in [-0.25, -0.2) is 0 Å². The molecule has 0 N–H and O–H groups in total. The van der Waals surface area contributed by atoms with Gasteiger partial charge in [0, 0.05) is 44.5 Å². The van der Waals surface area contributed by atoms with Crippen LogP contribution >= 0.6 is 0 Å². The molecule has 0 spiro atoms. The molecule has 2 aliphatic heterocycles. The standard InChI is InChI=1S/C52H34O2/c1-5-13-41(14-6-1)51(42-15-7-2-8-16-42)33-31-47-45-27-23-37(35-39(45)25-29-49(47)53-51)21-22-38-24-28-46-40(36-38)26-30-50-48(46)32-34-52(54-50,43-17-9-3-10-18-43)44-19-11-4-12-20-44/h1-20,23-36H. The molecule has 8 aromatic rings. The minimum absolute atomic E-state index is 0.702. The fraction of sp³-hybridized carbons (Fsp3) is 0.0385. The van der Waals surface area contributed by atoms with Crippen molar-refractivity contribution >= 4 is 33.7 Å². The van der Waals surface area contributed by atoms with E-state index in [1.807, 2.05) is 24.3 Å². The molecule has 0 bridgehead atoms. The predicted octanol–water partition coefficient (Wildman–Crippen LogP) is 12.1. The van der Waals surface area contributed by atoms with Crippen LogP contribution in [0.3, 0.4) is 0 Å². The maximum atomic E-state index is 6.93. The van der Waals surface area contributed by atoms with Gasteiger partial charge in [-0.1, -0.05) is 157 Å². The molecule has 0 saturated carbocycles. The van der Waals surface area contributed by atoms with Crippen LogP contribution < -0.4 is 9.47 Å². The Labute approximate surface area is 315 Å². The van der Waals surface area contributed by atoms with Gasteiger partial charge in [-0.3, -0.25) is 0 Å².